The minimum atomic E-state index is 0.582. The van der Waals surface area contributed by atoms with Crippen LogP contribution in [0.25, 0.3) is 21.7 Å². The lowest BCUT2D eigenvalue weighted by atomic mass is 10.1. The summed E-state index contributed by atoms with van der Waals surface area (Å²) in [5.74, 6) is 0.807. The molecule has 0 unspecified atom stereocenters. The lowest BCUT2D eigenvalue weighted by molar-refractivity contribution is 0.415. The number of ether oxygens (including phenoxy) is 1. The van der Waals surface area contributed by atoms with Crippen molar-refractivity contribution in [1.29, 1.82) is 5.26 Å². The van der Waals surface area contributed by atoms with E-state index in [0.29, 0.717) is 5.69 Å². The van der Waals surface area contributed by atoms with Crippen LogP contribution in [0.1, 0.15) is 5.69 Å². The van der Waals surface area contributed by atoms with Crippen molar-refractivity contribution in [3.63, 3.8) is 0 Å². The van der Waals surface area contributed by atoms with Crippen molar-refractivity contribution in [2.75, 3.05) is 7.11 Å². The van der Waals surface area contributed by atoms with Crippen LogP contribution >= 0.6 is 11.3 Å². The highest BCUT2D eigenvalue weighted by Gasteiger charge is 2.11. The van der Waals surface area contributed by atoms with E-state index in [4.69, 9.17) is 4.74 Å². The van der Waals surface area contributed by atoms with Gasteiger partial charge in [0.15, 0.2) is 0 Å². The molecule has 0 radical (unpaired) electrons. The summed E-state index contributed by atoms with van der Waals surface area (Å²) < 4.78 is 5.15. The number of nitrogens with zero attached hydrogens (tertiary/aromatic N) is 1. The van der Waals surface area contributed by atoms with Crippen LogP contribution in [0.2, 0.25) is 0 Å². The summed E-state index contributed by atoms with van der Waals surface area (Å²) in [6.07, 6.45) is 0. The first-order valence-corrected chi connectivity index (χ1v) is 7.01. The molecule has 0 aliphatic heterocycles. The zero-order valence-electron chi connectivity index (χ0n) is 10.9. The Balaban J connectivity index is 2.06. The van der Waals surface area contributed by atoms with Crippen molar-refractivity contribution < 1.29 is 4.74 Å². The number of hydrogen-bond acceptors (Lipinski definition) is 3. The van der Waals surface area contributed by atoms with Gasteiger partial charge in [0.25, 0.3) is 0 Å². The van der Waals surface area contributed by atoms with E-state index in [1.54, 1.807) is 18.4 Å². The molecule has 0 saturated heterocycles. The molecule has 0 spiro atoms. The molecule has 1 aromatic carbocycles. The first-order chi connectivity index (χ1) is 9.81. The molecule has 0 bridgehead atoms. The Bertz CT molecular complexity index is 749. The number of nitrogens with one attached hydrogen (secondary N) is 1. The second-order valence-corrected chi connectivity index (χ2v) is 5.24. The Hall–Kier alpha value is -2.51. The predicted molar refractivity (Wildman–Crippen MR) is 80.8 cm³/mol. The quantitative estimate of drug-likeness (QED) is 0.778. The van der Waals surface area contributed by atoms with Gasteiger partial charge in [-0.05, 0) is 35.2 Å². The summed E-state index contributed by atoms with van der Waals surface area (Å²) in [6, 6.07) is 16.0. The van der Waals surface area contributed by atoms with Gasteiger partial charge < -0.3 is 9.72 Å². The van der Waals surface area contributed by atoms with Crippen LogP contribution in [0.3, 0.4) is 0 Å². The maximum atomic E-state index is 9.29. The predicted octanol–water partition coefficient (Wildman–Crippen LogP) is 4.29. The van der Waals surface area contributed by atoms with Gasteiger partial charge in [-0.1, -0.05) is 18.2 Å². The molecule has 0 atom stereocenters. The van der Waals surface area contributed by atoms with E-state index in [0.717, 1.165) is 27.4 Å². The molecule has 3 rings (SSSR count). The van der Waals surface area contributed by atoms with Gasteiger partial charge in [-0.2, -0.15) is 5.26 Å². The largest absolute Gasteiger partial charge is 0.497 e. The lowest BCUT2D eigenvalue weighted by Crippen LogP contribution is -1.83. The van der Waals surface area contributed by atoms with E-state index >= 15 is 0 Å². The number of H-pyrrole nitrogens is 1. The van der Waals surface area contributed by atoms with E-state index in [1.807, 2.05) is 47.8 Å². The van der Waals surface area contributed by atoms with Gasteiger partial charge in [-0.15, -0.1) is 11.3 Å². The molecule has 3 aromatic rings. The number of benzene rings is 1. The van der Waals surface area contributed by atoms with Gasteiger partial charge >= 0.3 is 0 Å². The average molecular weight is 280 g/mol. The molecule has 0 amide bonds. The normalized spacial score (nSPS) is 10.2. The second kappa shape index (κ2) is 5.24. The lowest BCUT2D eigenvalue weighted by Gasteiger charge is -2.01. The SMILES string of the molecule is COc1ccc(-c2cc(-c3cccs3)[nH]c2C#N)cc1. The zero-order chi connectivity index (χ0) is 13.9. The Labute approximate surface area is 121 Å². The van der Waals surface area contributed by atoms with Crippen molar-refractivity contribution >= 4 is 11.3 Å². The van der Waals surface area contributed by atoms with Gasteiger partial charge in [0.1, 0.15) is 17.5 Å². The number of methoxy groups -OCH3 is 1. The van der Waals surface area contributed by atoms with Gasteiger partial charge in [0.05, 0.1) is 17.7 Å². The second-order valence-electron chi connectivity index (χ2n) is 4.29. The van der Waals surface area contributed by atoms with Crippen molar-refractivity contribution in [3.05, 3.63) is 53.5 Å². The van der Waals surface area contributed by atoms with Crippen LogP contribution in [0.15, 0.2) is 47.8 Å². The summed E-state index contributed by atoms with van der Waals surface area (Å²) >= 11 is 1.65. The summed E-state index contributed by atoms with van der Waals surface area (Å²) in [4.78, 5) is 4.31. The number of aromatic nitrogens is 1. The van der Waals surface area contributed by atoms with Crippen molar-refractivity contribution in [3.8, 4) is 33.5 Å². The van der Waals surface area contributed by atoms with Crippen LogP contribution in [-0.2, 0) is 0 Å². The molecule has 4 heteroatoms. The summed E-state index contributed by atoms with van der Waals surface area (Å²) in [5, 5.41) is 11.3. The molecule has 0 aliphatic rings. The third kappa shape index (κ3) is 2.20. The maximum absolute atomic E-state index is 9.29. The Morgan fingerprint density at radius 2 is 2.00 bits per heavy atom. The van der Waals surface area contributed by atoms with E-state index in [1.165, 1.54) is 0 Å². The Kier molecular flexibility index (Phi) is 3.28. The fraction of sp³-hybridized carbons (Fsp3) is 0.0625. The molecule has 2 aromatic heterocycles. The highest BCUT2D eigenvalue weighted by Crippen LogP contribution is 2.32. The fourth-order valence-corrected chi connectivity index (χ4v) is 2.80. The van der Waals surface area contributed by atoms with Crippen LogP contribution in [0.5, 0.6) is 5.75 Å². The molecule has 3 nitrogen and oxygen atoms in total. The topological polar surface area (TPSA) is 48.8 Å². The van der Waals surface area contributed by atoms with Crippen LogP contribution in [-0.4, -0.2) is 12.1 Å². The van der Waals surface area contributed by atoms with Crippen molar-refractivity contribution in [2.45, 2.75) is 0 Å². The molecular formula is C16H12N2OS. The molecule has 1 N–H and O–H groups in total. The van der Waals surface area contributed by atoms with E-state index in [-0.39, 0.29) is 0 Å². The van der Waals surface area contributed by atoms with Crippen LogP contribution in [0, 0.1) is 11.3 Å². The van der Waals surface area contributed by atoms with E-state index in [9.17, 15) is 5.26 Å². The third-order valence-corrected chi connectivity index (χ3v) is 4.02. The molecule has 0 saturated carbocycles. The van der Waals surface area contributed by atoms with E-state index in [2.05, 4.69) is 11.1 Å². The number of nitriles is 1. The smallest absolute Gasteiger partial charge is 0.126 e. The summed E-state index contributed by atoms with van der Waals surface area (Å²) in [5.41, 5.74) is 3.47. The Morgan fingerprint density at radius 3 is 2.60 bits per heavy atom. The fourth-order valence-electron chi connectivity index (χ4n) is 2.11. The maximum Gasteiger partial charge on any atom is 0.126 e. The first-order valence-electron chi connectivity index (χ1n) is 6.13. The molecule has 2 heterocycles. The Morgan fingerprint density at radius 1 is 1.20 bits per heavy atom. The van der Waals surface area contributed by atoms with Gasteiger partial charge in [-0.3, -0.25) is 0 Å². The van der Waals surface area contributed by atoms with Crippen LogP contribution in [0.4, 0.5) is 0 Å². The van der Waals surface area contributed by atoms with Gasteiger partial charge in [0, 0.05) is 5.56 Å². The summed E-state index contributed by atoms with van der Waals surface area (Å²) in [6.45, 7) is 0. The van der Waals surface area contributed by atoms with Gasteiger partial charge in [-0.25, -0.2) is 0 Å². The van der Waals surface area contributed by atoms with Crippen molar-refractivity contribution in [2.24, 2.45) is 0 Å². The standard InChI is InChI=1S/C16H12N2OS/c1-19-12-6-4-11(5-7-12)13-9-14(18-15(13)10-17)16-3-2-8-20-16/h2-9,18H,1H3. The highest BCUT2D eigenvalue weighted by molar-refractivity contribution is 7.13. The monoisotopic (exact) mass is 280 g/mol. The molecule has 0 fully saturated rings. The number of hydrogen-bond donors (Lipinski definition) is 1. The first kappa shape index (κ1) is 12.5. The van der Waals surface area contributed by atoms with Gasteiger partial charge in [0.2, 0.25) is 0 Å². The van der Waals surface area contributed by atoms with Crippen LogP contribution < -0.4 is 4.74 Å². The minimum Gasteiger partial charge on any atom is -0.497 e. The molecule has 0 aliphatic carbocycles. The average Bonchev–Trinajstić information content (AvgIpc) is 3.16. The number of aromatic amines is 1. The third-order valence-electron chi connectivity index (χ3n) is 3.12. The molecular weight excluding hydrogens is 268 g/mol. The zero-order valence-corrected chi connectivity index (χ0v) is 11.7. The van der Waals surface area contributed by atoms with E-state index < -0.39 is 0 Å². The summed E-state index contributed by atoms with van der Waals surface area (Å²) in [7, 11) is 1.64. The van der Waals surface area contributed by atoms with Crippen molar-refractivity contribution in [1.82, 2.24) is 4.98 Å². The minimum absolute atomic E-state index is 0.582. The number of rotatable bonds is 3. The molecule has 98 valence electrons. The number of thiophene rings is 1. The molecule has 20 heavy (non-hydrogen) atoms. The highest BCUT2D eigenvalue weighted by atomic mass is 32.1.